The first-order valence-corrected chi connectivity index (χ1v) is 6.94. The zero-order chi connectivity index (χ0) is 13.8. The van der Waals surface area contributed by atoms with Gasteiger partial charge in [-0.3, -0.25) is 0 Å². The van der Waals surface area contributed by atoms with Crippen LogP contribution in [0.5, 0.6) is 0 Å². The standard InChI is InChI=1S/C13H26O6/c1-3-14-5-6-15-7-8-16-11-13(17-4-2)19-10-12-9-18-12/h12-13H,3-11H2,1-2H3. The van der Waals surface area contributed by atoms with E-state index in [1.807, 2.05) is 13.8 Å². The van der Waals surface area contributed by atoms with Gasteiger partial charge in [0.1, 0.15) is 6.10 Å². The fourth-order valence-corrected chi connectivity index (χ4v) is 1.37. The maximum absolute atomic E-state index is 5.53. The van der Waals surface area contributed by atoms with E-state index >= 15 is 0 Å². The SMILES string of the molecule is CCOCCOCCOCC(OCC)OCC1CO1. The van der Waals surface area contributed by atoms with E-state index in [2.05, 4.69) is 0 Å². The van der Waals surface area contributed by atoms with Gasteiger partial charge in [0, 0.05) is 13.2 Å². The Morgan fingerprint density at radius 2 is 1.63 bits per heavy atom. The molecule has 1 heterocycles. The molecule has 2 atom stereocenters. The van der Waals surface area contributed by atoms with Gasteiger partial charge in [-0.15, -0.1) is 0 Å². The van der Waals surface area contributed by atoms with Crippen LogP contribution in [0.2, 0.25) is 0 Å². The summed E-state index contributed by atoms with van der Waals surface area (Å²) in [5.41, 5.74) is 0. The predicted molar refractivity (Wildman–Crippen MR) is 69.2 cm³/mol. The second-order valence-corrected chi connectivity index (χ2v) is 4.06. The van der Waals surface area contributed by atoms with E-state index in [0.29, 0.717) is 46.2 Å². The largest absolute Gasteiger partial charge is 0.379 e. The summed E-state index contributed by atoms with van der Waals surface area (Å²) in [5.74, 6) is 0. The molecule has 1 saturated heterocycles. The van der Waals surface area contributed by atoms with E-state index in [1.54, 1.807) is 0 Å². The third-order valence-electron chi connectivity index (χ3n) is 2.43. The maximum Gasteiger partial charge on any atom is 0.180 e. The van der Waals surface area contributed by atoms with E-state index < -0.39 is 0 Å². The Morgan fingerprint density at radius 3 is 2.26 bits per heavy atom. The van der Waals surface area contributed by atoms with Crippen molar-refractivity contribution in [1.29, 1.82) is 0 Å². The highest BCUT2D eigenvalue weighted by Gasteiger charge is 2.24. The first kappa shape index (κ1) is 16.8. The second kappa shape index (κ2) is 11.6. The van der Waals surface area contributed by atoms with Crippen LogP contribution in [0.25, 0.3) is 0 Å². The normalized spacial score (nSPS) is 19.6. The molecule has 1 rings (SSSR count). The van der Waals surface area contributed by atoms with Crippen molar-refractivity contribution in [3.05, 3.63) is 0 Å². The average Bonchev–Trinajstić information content (AvgIpc) is 3.23. The van der Waals surface area contributed by atoms with E-state index in [4.69, 9.17) is 28.4 Å². The summed E-state index contributed by atoms with van der Waals surface area (Å²) in [6.07, 6.45) is -0.0810. The molecular formula is C13H26O6. The number of ether oxygens (including phenoxy) is 6. The van der Waals surface area contributed by atoms with Crippen LogP contribution in [0.1, 0.15) is 13.8 Å². The third-order valence-corrected chi connectivity index (χ3v) is 2.43. The van der Waals surface area contributed by atoms with Gasteiger partial charge in [0.25, 0.3) is 0 Å². The molecule has 0 saturated carbocycles. The summed E-state index contributed by atoms with van der Waals surface area (Å²) < 4.78 is 32.0. The molecule has 0 bridgehead atoms. The summed E-state index contributed by atoms with van der Waals surface area (Å²) in [6.45, 7) is 9.29. The lowest BCUT2D eigenvalue weighted by molar-refractivity contribution is -0.174. The smallest absolute Gasteiger partial charge is 0.180 e. The Bertz CT molecular complexity index is 198. The third kappa shape index (κ3) is 10.2. The molecule has 0 spiro atoms. The monoisotopic (exact) mass is 278 g/mol. The number of rotatable bonds is 14. The molecule has 0 radical (unpaired) electrons. The molecule has 0 amide bonds. The number of hydrogen-bond donors (Lipinski definition) is 0. The average molecular weight is 278 g/mol. The quantitative estimate of drug-likeness (QED) is 0.266. The van der Waals surface area contributed by atoms with Crippen LogP contribution in [0.3, 0.4) is 0 Å². The van der Waals surface area contributed by atoms with Gasteiger partial charge in [-0.25, -0.2) is 0 Å². The summed E-state index contributed by atoms with van der Waals surface area (Å²) in [7, 11) is 0. The van der Waals surface area contributed by atoms with E-state index in [0.717, 1.165) is 13.2 Å². The van der Waals surface area contributed by atoms with Gasteiger partial charge in [-0.05, 0) is 13.8 Å². The van der Waals surface area contributed by atoms with Gasteiger partial charge in [-0.1, -0.05) is 0 Å². The molecule has 0 aromatic heterocycles. The van der Waals surface area contributed by atoms with Gasteiger partial charge in [0.2, 0.25) is 0 Å². The van der Waals surface area contributed by atoms with Crippen molar-refractivity contribution in [2.75, 3.05) is 59.5 Å². The molecule has 114 valence electrons. The molecule has 2 unspecified atom stereocenters. The summed E-state index contributed by atoms with van der Waals surface area (Å²) >= 11 is 0. The molecule has 0 aliphatic carbocycles. The minimum absolute atomic E-state index is 0.241. The molecule has 0 aromatic rings. The highest BCUT2D eigenvalue weighted by molar-refractivity contribution is 4.67. The van der Waals surface area contributed by atoms with Crippen molar-refractivity contribution >= 4 is 0 Å². The van der Waals surface area contributed by atoms with Crippen molar-refractivity contribution < 1.29 is 28.4 Å². The lowest BCUT2D eigenvalue weighted by atomic mass is 10.5. The first-order valence-electron chi connectivity index (χ1n) is 6.94. The lowest BCUT2D eigenvalue weighted by Crippen LogP contribution is -2.26. The van der Waals surface area contributed by atoms with Crippen LogP contribution in [0.4, 0.5) is 0 Å². The number of hydrogen-bond acceptors (Lipinski definition) is 6. The zero-order valence-corrected chi connectivity index (χ0v) is 12.0. The van der Waals surface area contributed by atoms with Gasteiger partial charge in [0.15, 0.2) is 6.29 Å². The van der Waals surface area contributed by atoms with Crippen LogP contribution in [0.15, 0.2) is 0 Å². The first-order chi connectivity index (χ1) is 9.36. The van der Waals surface area contributed by atoms with Gasteiger partial charge < -0.3 is 28.4 Å². The van der Waals surface area contributed by atoms with Crippen molar-refractivity contribution in [1.82, 2.24) is 0 Å². The molecule has 6 nitrogen and oxygen atoms in total. The molecule has 6 heteroatoms. The molecule has 1 fully saturated rings. The van der Waals surface area contributed by atoms with Crippen LogP contribution in [-0.4, -0.2) is 71.9 Å². The Kier molecular flexibility index (Phi) is 10.2. The summed E-state index contributed by atoms with van der Waals surface area (Å²) in [5, 5.41) is 0. The Morgan fingerprint density at radius 1 is 0.947 bits per heavy atom. The fraction of sp³-hybridized carbons (Fsp3) is 1.00. The maximum atomic E-state index is 5.53. The molecule has 0 N–H and O–H groups in total. The van der Waals surface area contributed by atoms with E-state index in [1.165, 1.54) is 0 Å². The Hall–Kier alpha value is -0.240. The zero-order valence-electron chi connectivity index (χ0n) is 12.0. The van der Waals surface area contributed by atoms with Crippen molar-refractivity contribution in [2.24, 2.45) is 0 Å². The van der Waals surface area contributed by atoms with E-state index in [9.17, 15) is 0 Å². The topological polar surface area (TPSA) is 58.7 Å². The van der Waals surface area contributed by atoms with Gasteiger partial charge >= 0.3 is 0 Å². The van der Waals surface area contributed by atoms with Crippen molar-refractivity contribution in [3.63, 3.8) is 0 Å². The molecule has 0 aromatic carbocycles. The van der Waals surface area contributed by atoms with Gasteiger partial charge in [-0.2, -0.15) is 0 Å². The van der Waals surface area contributed by atoms with E-state index in [-0.39, 0.29) is 12.4 Å². The minimum atomic E-state index is -0.322. The van der Waals surface area contributed by atoms with Crippen molar-refractivity contribution in [3.8, 4) is 0 Å². The summed E-state index contributed by atoms with van der Waals surface area (Å²) in [4.78, 5) is 0. The minimum Gasteiger partial charge on any atom is -0.379 e. The molecule has 19 heavy (non-hydrogen) atoms. The van der Waals surface area contributed by atoms with Crippen LogP contribution < -0.4 is 0 Å². The van der Waals surface area contributed by atoms with Crippen LogP contribution >= 0.6 is 0 Å². The Balaban J connectivity index is 1.88. The molecular weight excluding hydrogens is 252 g/mol. The fourth-order valence-electron chi connectivity index (χ4n) is 1.37. The van der Waals surface area contributed by atoms with Crippen LogP contribution in [0, 0.1) is 0 Å². The lowest BCUT2D eigenvalue weighted by Gasteiger charge is -2.17. The second-order valence-electron chi connectivity index (χ2n) is 4.06. The van der Waals surface area contributed by atoms with Crippen LogP contribution in [-0.2, 0) is 28.4 Å². The molecule has 1 aliphatic rings. The highest BCUT2D eigenvalue weighted by Crippen LogP contribution is 2.10. The Labute approximate surface area is 115 Å². The van der Waals surface area contributed by atoms with Gasteiger partial charge in [0.05, 0.1) is 46.2 Å². The predicted octanol–water partition coefficient (Wildman–Crippen LogP) is 0.834. The van der Waals surface area contributed by atoms with Crippen molar-refractivity contribution in [2.45, 2.75) is 26.2 Å². The number of epoxide rings is 1. The summed E-state index contributed by atoms with van der Waals surface area (Å²) in [6, 6.07) is 0. The molecule has 1 aliphatic heterocycles. The highest BCUT2D eigenvalue weighted by atomic mass is 16.7.